The zero-order valence-corrected chi connectivity index (χ0v) is 17.4. The summed E-state index contributed by atoms with van der Waals surface area (Å²) < 4.78 is 4.56. The highest BCUT2D eigenvalue weighted by molar-refractivity contribution is 14.1. The largest absolute Gasteiger partial charge is 0.370 e. The summed E-state index contributed by atoms with van der Waals surface area (Å²) in [6.07, 6.45) is 3.48. The third-order valence-electron chi connectivity index (χ3n) is 4.32. The van der Waals surface area contributed by atoms with Gasteiger partial charge in [-0.2, -0.15) is 5.10 Å². The highest BCUT2D eigenvalue weighted by Gasteiger charge is 2.21. The van der Waals surface area contributed by atoms with Crippen LogP contribution in [0.15, 0.2) is 48.5 Å². The third kappa shape index (κ3) is 3.20. The molecule has 24 heavy (non-hydrogen) atoms. The second kappa shape index (κ2) is 7.03. The Balaban J connectivity index is 1.88. The molecule has 1 N–H and O–H groups in total. The van der Waals surface area contributed by atoms with E-state index >= 15 is 0 Å². The maximum atomic E-state index is 4.98. The summed E-state index contributed by atoms with van der Waals surface area (Å²) in [6, 6.07) is 17.2. The summed E-state index contributed by atoms with van der Waals surface area (Å²) in [5.41, 5.74) is 4.75. The molecule has 0 saturated heterocycles. The van der Waals surface area contributed by atoms with Gasteiger partial charge in [0.1, 0.15) is 5.82 Å². The molecule has 0 unspecified atom stereocenters. The molecule has 0 spiro atoms. The van der Waals surface area contributed by atoms with Crippen LogP contribution in [0.1, 0.15) is 18.4 Å². The van der Waals surface area contributed by atoms with Gasteiger partial charge in [-0.1, -0.05) is 12.1 Å². The van der Waals surface area contributed by atoms with Crippen molar-refractivity contribution in [1.82, 2.24) is 9.78 Å². The number of halogens is 2. The quantitative estimate of drug-likeness (QED) is 0.435. The number of aromatic nitrogens is 2. The number of benzene rings is 2. The van der Waals surface area contributed by atoms with Crippen molar-refractivity contribution in [2.24, 2.45) is 0 Å². The molecule has 3 aromatic rings. The Labute approximate surface area is 169 Å². The highest BCUT2D eigenvalue weighted by Crippen LogP contribution is 2.34. The Kier molecular flexibility index (Phi) is 4.80. The second-order valence-electron chi connectivity index (χ2n) is 5.95. The Morgan fingerprint density at radius 2 is 1.54 bits per heavy atom. The van der Waals surface area contributed by atoms with Gasteiger partial charge in [0.05, 0.1) is 11.4 Å². The molecule has 3 nitrogen and oxygen atoms in total. The summed E-state index contributed by atoms with van der Waals surface area (Å²) >= 11 is 4.68. The average Bonchev–Trinajstić information content (AvgIpc) is 2.78. The number of anilines is 1. The first-order chi connectivity index (χ1) is 11.7. The molecule has 4 rings (SSSR count). The van der Waals surface area contributed by atoms with Gasteiger partial charge in [-0.3, -0.25) is 0 Å². The fraction of sp³-hybridized carbons (Fsp3) is 0.211. The van der Waals surface area contributed by atoms with Gasteiger partial charge in [0.2, 0.25) is 0 Å². The fourth-order valence-electron chi connectivity index (χ4n) is 3.11. The number of hydrogen-bond donors (Lipinski definition) is 1. The number of hydrogen-bond acceptors (Lipinski definition) is 2. The van der Waals surface area contributed by atoms with Crippen LogP contribution in [-0.2, 0) is 6.42 Å². The van der Waals surface area contributed by atoms with E-state index in [9.17, 15) is 0 Å². The third-order valence-corrected chi connectivity index (χ3v) is 5.76. The molecule has 0 bridgehead atoms. The number of nitrogens with zero attached hydrogens (tertiary/aromatic N) is 2. The van der Waals surface area contributed by atoms with Crippen LogP contribution in [0.3, 0.4) is 0 Å². The minimum absolute atomic E-state index is 1.01. The minimum atomic E-state index is 1.01. The predicted octanol–water partition coefficient (Wildman–Crippen LogP) is 5.50. The monoisotopic (exact) mass is 541 g/mol. The number of rotatable bonds is 2. The number of fused-ring (bicyclic) bond motifs is 1. The van der Waals surface area contributed by atoms with Crippen molar-refractivity contribution in [3.63, 3.8) is 0 Å². The molecular formula is C19H17I2N3. The highest BCUT2D eigenvalue weighted by atomic mass is 127. The van der Waals surface area contributed by atoms with Gasteiger partial charge < -0.3 is 5.32 Å². The first-order valence-electron chi connectivity index (χ1n) is 8.10. The van der Waals surface area contributed by atoms with Gasteiger partial charge in [0.25, 0.3) is 0 Å². The molecule has 2 heterocycles. The van der Waals surface area contributed by atoms with E-state index in [1.807, 2.05) is 0 Å². The van der Waals surface area contributed by atoms with Crippen LogP contribution >= 0.6 is 45.2 Å². The summed E-state index contributed by atoms with van der Waals surface area (Å²) in [5.74, 6) is 1.15. The second-order valence-corrected chi connectivity index (χ2v) is 8.45. The minimum Gasteiger partial charge on any atom is -0.370 e. The van der Waals surface area contributed by atoms with Gasteiger partial charge in [0, 0.05) is 24.8 Å². The zero-order chi connectivity index (χ0) is 16.5. The molecule has 0 saturated carbocycles. The maximum Gasteiger partial charge on any atom is 0.133 e. The van der Waals surface area contributed by atoms with Crippen LogP contribution in [0.5, 0.6) is 0 Å². The van der Waals surface area contributed by atoms with E-state index in [0.29, 0.717) is 0 Å². The summed E-state index contributed by atoms with van der Waals surface area (Å²) in [7, 11) is 0. The lowest BCUT2D eigenvalue weighted by molar-refractivity contribution is 0.780. The van der Waals surface area contributed by atoms with Crippen LogP contribution in [0.4, 0.5) is 5.82 Å². The first-order valence-corrected chi connectivity index (χ1v) is 10.3. The van der Waals surface area contributed by atoms with E-state index in [4.69, 9.17) is 5.10 Å². The van der Waals surface area contributed by atoms with E-state index < -0.39 is 0 Å². The first kappa shape index (κ1) is 16.4. The van der Waals surface area contributed by atoms with Crippen LogP contribution < -0.4 is 5.32 Å². The standard InChI is InChI=1S/C19H17I2N3/c20-14-6-4-13(5-7-14)18-17-3-1-2-12-22-19(17)24(23-18)16-10-8-15(21)9-11-16/h4-11,22H,1-3,12H2. The van der Waals surface area contributed by atoms with E-state index in [-0.39, 0.29) is 0 Å². The molecule has 1 aromatic heterocycles. The molecule has 0 aliphatic carbocycles. The van der Waals surface area contributed by atoms with Gasteiger partial charge in [-0.05, 0) is 101 Å². The summed E-state index contributed by atoms with van der Waals surface area (Å²) in [4.78, 5) is 0. The normalized spacial score (nSPS) is 13.9. The fourth-order valence-corrected chi connectivity index (χ4v) is 3.83. The Morgan fingerprint density at radius 3 is 2.25 bits per heavy atom. The molecule has 0 fully saturated rings. The van der Waals surface area contributed by atoms with Crippen molar-refractivity contribution >= 4 is 51.0 Å². The average molecular weight is 541 g/mol. The maximum absolute atomic E-state index is 4.98. The van der Waals surface area contributed by atoms with Crippen LogP contribution in [0, 0.1) is 7.14 Å². The van der Waals surface area contributed by atoms with E-state index in [1.165, 1.54) is 31.1 Å². The molecule has 2 aromatic carbocycles. The van der Waals surface area contributed by atoms with Crippen molar-refractivity contribution in [1.29, 1.82) is 0 Å². The lowest BCUT2D eigenvalue weighted by atomic mass is 10.0. The molecule has 0 amide bonds. The van der Waals surface area contributed by atoms with Crippen molar-refractivity contribution in [3.05, 3.63) is 61.2 Å². The molecule has 1 aliphatic rings. The van der Waals surface area contributed by atoms with Gasteiger partial charge in [-0.25, -0.2) is 4.68 Å². The van der Waals surface area contributed by atoms with Crippen molar-refractivity contribution in [2.45, 2.75) is 19.3 Å². The SMILES string of the molecule is Ic1ccc(-c2nn(-c3ccc(I)cc3)c3c2CCCCN3)cc1. The zero-order valence-electron chi connectivity index (χ0n) is 13.1. The Morgan fingerprint density at radius 1 is 0.875 bits per heavy atom. The van der Waals surface area contributed by atoms with Crippen molar-refractivity contribution in [3.8, 4) is 16.9 Å². The molecule has 0 radical (unpaired) electrons. The van der Waals surface area contributed by atoms with E-state index in [2.05, 4.69) is 104 Å². The Bertz CT molecular complexity index is 782. The van der Waals surface area contributed by atoms with Crippen LogP contribution in [-0.4, -0.2) is 16.3 Å². The predicted molar refractivity (Wildman–Crippen MR) is 116 cm³/mol. The van der Waals surface area contributed by atoms with E-state index in [1.54, 1.807) is 0 Å². The molecule has 1 aliphatic heterocycles. The van der Waals surface area contributed by atoms with Gasteiger partial charge in [-0.15, -0.1) is 0 Å². The summed E-state index contributed by atoms with van der Waals surface area (Å²) in [6.45, 7) is 1.01. The molecule has 5 heteroatoms. The van der Waals surface area contributed by atoms with Crippen molar-refractivity contribution in [2.75, 3.05) is 11.9 Å². The molecular weight excluding hydrogens is 524 g/mol. The van der Waals surface area contributed by atoms with Crippen LogP contribution in [0.25, 0.3) is 16.9 Å². The molecule has 122 valence electrons. The Hall–Kier alpha value is -1.09. The lowest BCUT2D eigenvalue weighted by Gasteiger charge is -2.09. The van der Waals surface area contributed by atoms with Gasteiger partial charge in [0.15, 0.2) is 0 Å². The smallest absolute Gasteiger partial charge is 0.133 e. The van der Waals surface area contributed by atoms with E-state index in [0.717, 1.165) is 30.2 Å². The molecule has 0 atom stereocenters. The number of nitrogens with one attached hydrogen (secondary N) is 1. The topological polar surface area (TPSA) is 29.9 Å². The summed E-state index contributed by atoms with van der Waals surface area (Å²) in [5, 5.41) is 8.59. The van der Waals surface area contributed by atoms with Gasteiger partial charge >= 0.3 is 0 Å². The van der Waals surface area contributed by atoms with Crippen LogP contribution in [0.2, 0.25) is 0 Å². The van der Waals surface area contributed by atoms with Crippen molar-refractivity contribution < 1.29 is 0 Å². The lowest BCUT2D eigenvalue weighted by Crippen LogP contribution is -2.07.